The molecule has 5 heteroatoms. The largest absolute Gasteiger partial charge is 0.450 e. The summed E-state index contributed by atoms with van der Waals surface area (Å²) >= 11 is 0. The van der Waals surface area contributed by atoms with Gasteiger partial charge in [-0.25, -0.2) is 4.79 Å². The van der Waals surface area contributed by atoms with Crippen LogP contribution in [0.5, 0.6) is 0 Å². The van der Waals surface area contributed by atoms with E-state index in [0.29, 0.717) is 26.1 Å². The molecule has 0 bridgehead atoms. The van der Waals surface area contributed by atoms with Gasteiger partial charge in [0.05, 0.1) is 13.0 Å². The fraction of sp³-hybridized carbons (Fsp3) is 0.500. The summed E-state index contributed by atoms with van der Waals surface area (Å²) in [6, 6.07) is 9.66. The minimum Gasteiger partial charge on any atom is -0.450 e. The van der Waals surface area contributed by atoms with Gasteiger partial charge in [-0.3, -0.25) is 4.79 Å². The Morgan fingerprint density at radius 1 is 1.33 bits per heavy atom. The maximum absolute atomic E-state index is 12.0. The van der Waals surface area contributed by atoms with Crippen molar-refractivity contribution < 1.29 is 14.3 Å². The maximum atomic E-state index is 12.0. The second-order valence-corrected chi connectivity index (χ2v) is 5.21. The maximum Gasteiger partial charge on any atom is 0.409 e. The molecule has 1 atom stereocenters. The Labute approximate surface area is 125 Å². The molecule has 1 unspecified atom stereocenters. The molecule has 1 aliphatic rings. The van der Waals surface area contributed by atoms with E-state index in [1.54, 1.807) is 11.8 Å². The van der Waals surface area contributed by atoms with Crippen LogP contribution in [0.3, 0.4) is 0 Å². The SMILES string of the molecule is CCOC(=O)N1CCCC(NC(=O)Cc2ccccc2)C1. The van der Waals surface area contributed by atoms with Crippen LogP contribution in [0, 0.1) is 0 Å². The molecule has 2 rings (SSSR count). The third-order valence-electron chi connectivity index (χ3n) is 3.52. The van der Waals surface area contributed by atoms with Crippen LogP contribution in [0.25, 0.3) is 0 Å². The molecule has 0 aliphatic carbocycles. The zero-order chi connectivity index (χ0) is 15.1. The highest BCUT2D eigenvalue weighted by atomic mass is 16.6. The number of carbonyl (C=O) groups is 2. The number of amides is 2. The quantitative estimate of drug-likeness (QED) is 0.922. The van der Waals surface area contributed by atoms with Crippen LogP contribution < -0.4 is 5.32 Å². The summed E-state index contributed by atoms with van der Waals surface area (Å²) in [5.74, 6) is -0.00286. The minimum absolute atomic E-state index is 0.00286. The summed E-state index contributed by atoms with van der Waals surface area (Å²) in [6.07, 6.45) is 1.86. The summed E-state index contributed by atoms with van der Waals surface area (Å²) in [6.45, 7) is 3.39. The zero-order valence-electron chi connectivity index (χ0n) is 12.4. The van der Waals surface area contributed by atoms with Gasteiger partial charge in [0.15, 0.2) is 0 Å². The first-order valence-corrected chi connectivity index (χ1v) is 7.44. The van der Waals surface area contributed by atoms with E-state index >= 15 is 0 Å². The molecule has 5 nitrogen and oxygen atoms in total. The molecule has 0 spiro atoms. The van der Waals surface area contributed by atoms with E-state index in [0.717, 1.165) is 18.4 Å². The summed E-state index contributed by atoms with van der Waals surface area (Å²) in [5, 5.41) is 3.01. The summed E-state index contributed by atoms with van der Waals surface area (Å²) < 4.78 is 5.00. The van der Waals surface area contributed by atoms with E-state index in [2.05, 4.69) is 5.32 Å². The monoisotopic (exact) mass is 290 g/mol. The molecule has 2 amide bonds. The van der Waals surface area contributed by atoms with Crippen molar-refractivity contribution in [1.82, 2.24) is 10.2 Å². The fourth-order valence-corrected chi connectivity index (χ4v) is 2.54. The molecule has 21 heavy (non-hydrogen) atoms. The molecule has 1 fully saturated rings. The zero-order valence-corrected chi connectivity index (χ0v) is 12.4. The lowest BCUT2D eigenvalue weighted by Crippen LogP contribution is -2.50. The van der Waals surface area contributed by atoms with Gasteiger partial charge in [-0.15, -0.1) is 0 Å². The van der Waals surface area contributed by atoms with Crippen LogP contribution in [-0.4, -0.2) is 42.6 Å². The van der Waals surface area contributed by atoms with Gasteiger partial charge in [-0.05, 0) is 25.3 Å². The average Bonchev–Trinajstić information content (AvgIpc) is 2.48. The highest BCUT2D eigenvalue weighted by molar-refractivity contribution is 5.79. The van der Waals surface area contributed by atoms with Gasteiger partial charge in [0.2, 0.25) is 5.91 Å². The third kappa shape index (κ3) is 4.77. The van der Waals surface area contributed by atoms with Crippen LogP contribution in [0.4, 0.5) is 4.79 Å². The fourth-order valence-electron chi connectivity index (χ4n) is 2.54. The number of nitrogens with one attached hydrogen (secondary N) is 1. The number of hydrogen-bond donors (Lipinski definition) is 1. The predicted molar refractivity (Wildman–Crippen MR) is 79.9 cm³/mol. The lowest BCUT2D eigenvalue weighted by molar-refractivity contribution is -0.121. The molecule has 1 heterocycles. The van der Waals surface area contributed by atoms with Crippen LogP contribution in [0.2, 0.25) is 0 Å². The number of hydrogen-bond acceptors (Lipinski definition) is 3. The van der Waals surface area contributed by atoms with Crippen molar-refractivity contribution in [3.05, 3.63) is 35.9 Å². The third-order valence-corrected chi connectivity index (χ3v) is 3.52. The molecule has 1 aliphatic heterocycles. The number of rotatable bonds is 4. The Morgan fingerprint density at radius 2 is 2.10 bits per heavy atom. The molecule has 0 aromatic heterocycles. The van der Waals surface area contributed by atoms with Crippen molar-refractivity contribution in [1.29, 1.82) is 0 Å². The van der Waals surface area contributed by atoms with Crippen molar-refractivity contribution in [2.45, 2.75) is 32.2 Å². The topological polar surface area (TPSA) is 58.6 Å². The van der Waals surface area contributed by atoms with Crippen LogP contribution in [0.1, 0.15) is 25.3 Å². The lowest BCUT2D eigenvalue weighted by atomic mass is 10.1. The molecular weight excluding hydrogens is 268 g/mol. The van der Waals surface area contributed by atoms with Crippen molar-refractivity contribution in [3.8, 4) is 0 Å². The normalized spacial score (nSPS) is 18.1. The molecule has 1 N–H and O–H groups in total. The Kier molecular flexibility index (Phi) is 5.60. The van der Waals surface area contributed by atoms with Gasteiger partial charge in [-0.2, -0.15) is 0 Å². The van der Waals surface area contributed by atoms with Gasteiger partial charge < -0.3 is 15.0 Å². The van der Waals surface area contributed by atoms with E-state index in [1.165, 1.54) is 0 Å². The van der Waals surface area contributed by atoms with E-state index in [1.807, 2.05) is 30.3 Å². The Balaban J connectivity index is 1.82. The van der Waals surface area contributed by atoms with E-state index in [-0.39, 0.29) is 18.0 Å². The average molecular weight is 290 g/mol. The lowest BCUT2D eigenvalue weighted by Gasteiger charge is -2.32. The first kappa shape index (κ1) is 15.4. The minimum atomic E-state index is -0.292. The number of ether oxygens (including phenoxy) is 1. The number of carbonyl (C=O) groups excluding carboxylic acids is 2. The highest BCUT2D eigenvalue weighted by Gasteiger charge is 2.25. The standard InChI is InChI=1S/C16H22N2O3/c1-2-21-16(20)18-10-6-9-14(12-18)17-15(19)11-13-7-4-3-5-8-13/h3-5,7-8,14H,2,6,9-12H2,1H3,(H,17,19). The number of likely N-dealkylation sites (tertiary alicyclic amines) is 1. The van der Waals surface area contributed by atoms with Gasteiger partial charge in [0.25, 0.3) is 0 Å². The van der Waals surface area contributed by atoms with Gasteiger partial charge >= 0.3 is 6.09 Å². The summed E-state index contributed by atoms with van der Waals surface area (Å²) in [4.78, 5) is 25.4. The van der Waals surface area contributed by atoms with Gasteiger partial charge in [0.1, 0.15) is 0 Å². The van der Waals surface area contributed by atoms with Crippen molar-refractivity contribution >= 4 is 12.0 Å². The Morgan fingerprint density at radius 3 is 2.81 bits per heavy atom. The summed E-state index contributed by atoms with van der Waals surface area (Å²) in [5.41, 5.74) is 0.994. The van der Waals surface area contributed by atoms with Crippen molar-refractivity contribution in [2.75, 3.05) is 19.7 Å². The summed E-state index contributed by atoms with van der Waals surface area (Å²) in [7, 11) is 0. The van der Waals surface area contributed by atoms with Crippen LogP contribution in [-0.2, 0) is 16.0 Å². The van der Waals surface area contributed by atoms with Gasteiger partial charge in [0, 0.05) is 19.1 Å². The second kappa shape index (κ2) is 7.67. The van der Waals surface area contributed by atoms with Crippen LogP contribution >= 0.6 is 0 Å². The Bertz CT molecular complexity index is 476. The van der Waals surface area contributed by atoms with Crippen molar-refractivity contribution in [2.24, 2.45) is 0 Å². The molecule has 0 radical (unpaired) electrons. The molecule has 114 valence electrons. The van der Waals surface area contributed by atoms with Crippen LogP contribution in [0.15, 0.2) is 30.3 Å². The molecular formula is C16H22N2O3. The van der Waals surface area contributed by atoms with E-state index in [9.17, 15) is 9.59 Å². The number of nitrogens with zero attached hydrogens (tertiary/aromatic N) is 1. The van der Waals surface area contributed by atoms with Crippen molar-refractivity contribution in [3.63, 3.8) is 0 Å². The van der Waals surface area contributed by atoms with E-state index < -0.39 is 0 Å². The molecule has 1 aromatic rings. The Hall–Kier alpha value is -2.04. The molecule has 0 saturated carbocycles. The molecule has 1 aromatic carbocycles. The smallest absolute Gasteiger partial charge is 0.409 e. The predicted octanol–water partition coefficient (Wildman–Crippen LogP) is 1.97. The van der Waals surface area contributed by atoms with E-state index in [4.69, 9.17) is 4.74 Å². The first-order chi connectivity index (χ1) is 10.2. The first-order valence-electron chi connectivity index (χ1n) is 7.44. The van der Waals surface area contributed by atoms with Gasteiger partial charge in [-0.1, -0.05) is 30.3 Å². The number of benzene rings is 1. The number of piperidine rings is 1. The highest BCUT2D eigenvalue weighted by Crippen LogP contribution is 2.11. The second-order valence-electron chi connectivity index (χ2n) is 5.21. The molecule has 1 saturated heterocycles.